The molecule has 0 bridgehead atoms. The molecule has 0 atom stereocenters. The van der Waals surface area contributed by atoms with Crippen molar-refractivity contribution in [1.29, 1.82) is 0 Å². The number of hydrogen-bond acceptors (Lipinski definition) is 3. The molecule has 18 heavy (non-hydrogen) atoms. The number of esters is 1. The molecule has 1 heterocycles. The van der Waals surface area contributed by atoms with E-state index >= 15 is 0 Å². The maximum atomic E-state index is 11.8. The Balaban J connectivity index is 2.38. The Morgan fingerprint density at radius 2 is 2.17 bits per heavy atom. The quantitative estimate of drug-likeness (QED) is 0.599. The lowest BCUT2D eigenvalue weighted by molar-refractivity contribution is 0.0715. The van der Waals surface area contributed by atoms with Gasteiger partial charge in [0.05, 0.1) is 12.7 Å². The van der Waals surface area contributed by atoms with Crippen LogP contribution in [-0.4, -0.2) is 13.1 Å². The summed E-state index contributed by atoms with van der Waals surface area (Å²) >= 11 is 2.26. The largest absolute Gasteiger partial charge is 0.497 e. The van der Waals surface area contributed by atoms with Crippen LogP contribution in [0.1, 0.15) is 42.1 Å². The minimum Gasteiger partial charge on any atom is -0.497 e. The first-order valence-corrected chi connectivity index (χ1v) is 7.04. The van der Waals surface area contributed by atoms with Crippen LogP contribution in [0.15, 0.2) is 21.8 Å². The Hall–Kier alpha value is -1.04. The molecule has 0 unspecified atom stereocenters. The maximum Gasteiger partial charge on any atom is 0.344 e. The Bertz CT molecular complexity index is 506. The molecule has 1 aliphatic heterocycles. The predicted molar refractivity (Wildman–Crippen MR) is 78.9 cm³/mol. The first kappa shape index (κ1) is 13.4. The Morgan fingerprint density at radius 1 is 1.39 bits per heavy atom. The molecule has 2 rings (SSSR count). The summed E-state index contributed by atoms with van der Waals surface area (Å²) in [6, 6.07) is 5.47. The fraction of sp³-hybridized carbons (Fsp3) is 0.357. The Morgan fingerprint density at radius 3 is 2.83 bits per heavy atom. The highest BCUT2D eigenvalue weighted by Gasteiger charge is 2.28. The van der Waals surface area contributed by atoms with Gasteiger partial charge >= 0.3 is 5.97 Å². The van der Waals surface area contributed by atoms with Crippen LogP contribution < -0.4 is 4.74 Å². The van der Waals surface area contributed by atoms with Crippen molar-refractivity contribution in [2.75, 3.05) is 7.11 Å². The lowest BCUT2D eigenvalue weighted by atomic mass is 10.1. The number of allylic oxidation sites excluding steroid dienone is 1. The maximum absolute atomic E-state index is 11.8. The van der Waals surface area contributed by atoms with Crippen molar-refractivity contribution in [3.05, 3.63) is 32.9 Å². The number of ether oxygens (including phenoxy) is 2. The van der Waals surface area contributed by atoms with Crippen LogP contribution in [0, 0.1) is 0 Å². The number of hydrogen-bond donors (Lipinski definition) is 0. The van der Waals surface area contributed by atoms with Gasteiger partial charge in [0.25, 0.3) is 0 Å². The second-order valence-corrected chi connectivity index (χ2v) is 5.44. The molecule has 1 aromatic rings. The molecule has 1 aliphatic rings. The molecule has 3 nitrogen and oxygen atoms in total. The normalized spacial score (nSPS) is 16.3. The first-order valence-electron chi connectivity index (χ1n) is 5.96. The summed E-state index contributed by atoms with van der Waals surface area (Å²) in [6.45, 7) is 2.15. The van der Waals surface area contributed by atoms with Gasteiger partial charge in [-0.2, -0.15) is 0 Å². The van der Waals surface area contributed by atoms with Gasteiger partial charge in [-0.15, -0.1) is 0 Å². The molecule has 0 N–H and O–H groups in total. The number of rotatable bonds is 4. The zero-order chi connectivity index (χ0) is 13.1. The number of cyclic esters (lactones) is 1. The minimum atomic E-state index is -0.287. The summed E-state index contributed by atoms with van der Waals surface area (Å²) in [4.78, 5) is 11.8. The van der Waals surface area contributed by atoms with E-state index in [0.717, 1.165) is 28.4 Å². The molecule has 0 saturated heterocycles. The van der Waals surface area contributed by atoms with Gasteiger partial charge in [-0.1, -0.05) is 13.3 Å². The molecule has 0 spiro atoms. The van der Waals surface area contributed by atoms with Crippen molar-refractivity contribution >= 4 is 34.3 Å². The standard InChI is InChI=1S/C14H15IO3/c1-3-4-5-12(15)13-10-7-6-9(17-2)8-11(10)14(16)18-13/h6-8H,3-5H2,1-2H3/b13-12+. The van der Waals surface area contributed by atoms with Crippen LogP contribution in [0.2, 0.25) is 0 Å². The fourth-order valence-electron chi connectivity index (χ4n) is 1.87. The van der Waals surface area contributed by atoms with Gasteiger partial charge in [0.2, 0.25) is 0 Å². The van der Waals surface area contributed by atoms with Gasteiger partial charge in [-0.25, -0.2) is 4.79 Å². The van der Waals surface area contributed by atoms with E-state index in [1.165, 1.54) is 0 Å². The molecule has 96 valence electrons. The third-order valence-electron chi connectivity index (χ3n) is 2.88. The van der Waals surface area contributed by atoms with Crippen LogP contribution >= 0.6 is 22.6 Å². The highest BCUT2D eigenvalue weighted by atomic mass is 127. The number of fused-ring (bicyclic) bond motifs is 1. The van der Waals surface area contributed by atoms with Gasteiger partial charge in [0.1, 0.15) is 11.5 Å². The molecular formula is C14H15IO3. The topological polar surface area (TPSA) is 35.5 Å². The number of halogens is 1. The van der Waals surface area contributed by atoms with E-state index in [-0.39, 0.29) is 5.97 Å². The number of benzene rings is 1. The molecule has 0 radical (unpaired) electrons. The van der Waals surface area contributed by atoms with Crippen molar-refractivity contribution in [1.82, 2.24) is 0 Å². The fourth-order valence-corrected chi connectivity index (χ4v) is 2.65. The van der Waals surface area contributed by atoms with Gasteiger partial charge in [-0.05, 0) is 53.6 Å². The van der Waals surface area contributed by atoms with Crippen molar-refractivity contribution in [2.45, 2.75) is 26.2 Å². The predicted octanol–water partition coefficient (Wildman–Crippen LogP) is 4.16. The molecule has 0 saturated carbocycles. The Kier molecular flexibility index (Phi) is 4.27. The number of unbranched alkanes of at least 4 members (excludes halogenated alkanes) is 1. The number of carbonyl (C=O) groups is 1. The SMILES string of the molecule is CCCC/C(I)=C1\OC(=O)c2cc(OC)ccc21. The van der Waals surface area contributed by atoms with Crippen LogP contribution in [0.25, 0.3) is 5.76 Å². The van der Waals surface area contributed by atoms with Crippen LogP contribution in [-0.2, 0) is 4.74 Å². The minimum absolute atomic E-state index is 0.287. The zero-order valence-electron chi connectivity index (χ0n) is 10.5. The Labute approximate surface area is 120 Å². The van der Waals surface area contributed by atoms with E-state index in [1.54, 1.807) is 13.2 Å². The van der Waals surface area contributed by atoms with Crippen molar-refractivity contribution in [2.24, 2.45) is 0 Å². The molecule has 4 heteroatoms. The van der Waals surface area contributed by atoms with Gasteiger partial charge in [-0.3, -0.25) is 0 Å². The van der Waals surface area contributed by atoms with Crippen LogP contribution in [0.3, 0.4) is 0 Å². The monoisotopic (exact) mass is 358 g/mol. The average molecular weight is 358 g/mol. The summed E-state index contributed by atoms with van der Waals surface area (Å²) in [5, 5.41) is 0. The molecule has 1 aromatic carbocycles. The van der Waals surface area contributed by atoms with Crippen molar-refractivity contribution < 1.29 is 14.3 Å². The van der Waals surface area contributed by atoms with Crippen LogP contribution in [0.5, 0.6) is 5.75 Å². The van der Waals surface area contributed by atoms with Gasteiger partial charge in [0.15, 0.2) is 0 Å². The van der Waals surface area contributed by atoms with E-state index in [1.807, 2.05) is 12.1 Å². The van der Waals surface area contributed by atoms with Crippen molar-refractivity contribution in [3.63, 3.8) is 0 Å². The van der Waals surface area contributed by atoms with E-state index < -0.39 is 0 Å². The van der Waals surface area contributed by atoms with E-state index in [0.29, 0.717) is 17.1 Å². The summed E-state index contributed by atoms with van der Waals surface area (Å²) in [5.74, 6) is 1.10. The smallest absolute Gasteiger partial charge is 0.344 e. The third-order valence-corrected chi connectivity index (χ3v) is 3.91. The van der Waals surface area contributed by atoms with Gasteiger partial charge in [0, 0.05) is 9.14 Å². The number of methoxy groups -OCH3 is 1. The lowest BCUT2D eigenvalue weighted by Gasteiger charge is -2.04. The molecule has 0 aliphatic carbocycles. The van der Waals surface area contributed by atoms with Crippen LogP contribution in [0.4, 0.5) is 0 Å². The van der Waals surface area contributed by atoms with Crippen molar-refractivity contribution in [3.8, 4) is 5.75 Å². The van der Waals surface area contributed by atoms with E-state index in [4.69, 9.17) is 9.47 Å². The molecule has 0 aromatic heterocycles. The summed E-state index contributed by atoms with van der Waals surface area (Å²) in [7, 11) is 1.59. The van der Waals surface area contributed by atoms with E-state index in [2.05, 4.69) is 29.5 Å². The second kappa shape index (κ2) is 5.73. The first-order chi connectivity index (χ1) is 8.67. The number of carbonyl (C=O) groups excluding carboxylic acids is 1. The average Bonchev–Trinajstić information content (AvgIpc) is 2.73. The highest BCUT2D eigenvalue weighted by Crippen LogP contribution is 2.37. The summed E-state index contributed by atoms with van der Waals surface area (Å²) in [5.41, 5.74) is 1.47. The third kappa shape index (κ3) is 2.53. The highest BCUT2D eigenvalue weighted by molar-refractivity contribution is 14.1. The lowest BCUT2D eigenvalue weighted by Crippen LogP contribution is -1.94. The summed E-state index contributed by atoms with van der Waals surface area (Å²) < 4.78 is 11.6. The molecule has 0 fully saturated rings. The molecular weight excluding hydrogens is 343 g/mol. The molecule has 0 amide bonds. The van der Waals surface area contributed by atoms with Gasteiger partial charge < -0.3 is 9.47 Å². The summed E-state index contributed by atoms with van der Waals surface area (Å²) in [6.07, 6.45) is 3.18. The second-order valence-electron chi connectivity index (χ2n) is 4.14. The zero-order valence-corrected chi connectivity index (χ0v) is 12.6. The van der Waals surface area contributed by atoms with E-state index in [9.17, 15) is 4.79 Å².